The Morgan fingerprint density at radius 3 is 2.37 bits per heavy atom. The van der Waals surface area contributed by atoms with Gasteiger partial charge in [0.15, 0.2) is 0 Å². The average Bonchev–Trinajstić information content (AvgIpc) is 2.33. The quantitative estimate of drug-likeness (QED) is 0.709. The van der Waals surface area contributed by atoms with Crippen LogP contribution < -0.4 is 10.5 Å². The number of anilines is 1. The van der Waals surface area contributed by atoms with Gasteiger partial charge in [0.2, 0.25) is 10.0 Å². The predicted octanol–water partition coefficient (Wildman–Crippen LogP) is 1.18. The maximum Gasteiger partial charge on any atom is 0.240 e. The smallest absolute Gasteiger partial charge is 0.240 e. The normalized spacial score (nSPS) is 12.7. The van der Waals surface area contributed by atoms with Gasteiger partial charge in [-0.05, 0) is 37.1 Å². The molecule has 5 nitrogen and oxygen atoms in total. The van der Waals surface area contributed by atoms with Crippen LogP contribution in [0.2, 0.25) is 0 Å². The fourth-order valence-corrected chi connectivity index (χ4v) is 2.80. The molecule has 0 saturated carbocycles. The molecule has 1 aromatic carbocycles. The largest absolute Gasteiger partial charge is 0.398 e. The number of benzene rings is 1. The summed E-state index contributed by atoms with van der Waals surface area (Å²) in [5, 5.41) is 9.13. The second kappa shape index (κ2) is 5.48. The van der Waals surface area contributed by atoms with Crippen LogP contribution in [0.25, 0.3) is 0 Å². The van der Waals surface area contributed by atoms with E-state index in [1.807, 2.05) is 13.8 Å². The van der Waals surface area contributed by atoms with Gasteiger partial charge in [0.25, 0.3) is 0 Å². The van der Waals surface area contributed by atoms with Gasteiger partial charge in [0.1, 0.15) is 0 Å². The van der Waals surface area contributed by atoms with Gasteiger partial charge in [0.05, 0.1) is 4.90 Å². The highest BCUT2D eigenvalue weighted by molar-refractivity contribution is 7.89. The first kappa shape index (κ1) is 15.9. The van der Waals surface area contributed by atoms with Crippen LogP contribution in [0.4, 0.5) is 5.69 Å². The van der Waals surface area contributed by atoms with Crippen molar-refractivity contribution in [2.24, 2.45) is 5.41 Å². The van der Waals surface area contributed by atoms with Crippen LogP contribution in [0, 0.1) is 19.3 Å². The number of aliphatic hydroxyl groups is 1. The number of rotatable bonds is 5. The third kappa shape index (κ3) is 3.92. The minimum Gasteiger partial charge on any atom is -0.398 e. The number of nitrogens with one attached hydrogen (secondary N) is 1. The summed E-state index contributed by atoms with van der Waals surface area (Å²) in [6.07, 6.45) is 0. The van der Waals surface area contributed by atoms with Gasteiger partial charge < -0.3 is 10.8 Å². The van der Waals surface area contributed by atoms with E-state index in [1.165, 1.54) is 6.07 Å². The van der Waals surface area contributed by atoms with E-state index >= 15 is 0 Å². The van der Waals surface area contributed by atoms with Gasteiger partial charge in [-0.2, -0.15) is 0 Å². The van der Waals surface area contributed by atoms with Crippen molar-refractivity contribution in [1.29, 1.82) is 0 Å². The average molecular weight is 286 g/mol. The maximum absolute atomic E-state index is 12.2. The molecule has 108 valence electrons. The Morgan fingerprint density at radius 2 is 1.89 bits per heavy atom. The van der Waals surface area contributed by atoms with Crippen LogP contribution in [0.1, 0.15) is 25.0 Å². The first-order valence-corrected chi connectivity index (χ1v) is 7.55. The van der Waals surface area contributed by atoms with E-state index in [2.05, 4.69) is 4.72 Å². The number of nitrogens with two attached hydrogens (primary N) is 1. The monoisotopic (exact) mass is 286 g/mol. The molecule has 0 amide bonds. The molecule has 0 aromatic heterocycles. The van der Waals surface area contributed by atoms with Crippen LogP contribution in [0.5, 0.6) is 0 Å². The lowest BCUT2D eigenvalue weighted by Crippen LogP contribution is -2.36. The highest BCUT2D eigenvalue weighted by Gasteiger charge is 2.22. The maximum atomic E-state index is 12.2. The molecule has 0 bridgehead atoms. The Labute approximate surface area is 114 Å². The van der Waals surface area contributed by atoms with E-state index in [4.69, 9.17) is 10.8 Å². The molecule has 1 aromatic rings. The molecule has 6 heteroatoms. The molecule has 0 radical (unpaired) electrons. The molecule has 1 rings (SSSR count). The van der Waals surface area contributed by atoms with Gasteiger partial charge in [-0.25, -0.2) is 13.1 Å². The lowest BCUT2D eigenvalue weighted by Gasteiger charge is -2.22. The summed E-state index contributed by atoms with van der Waals surface area (Å²) in [6, 6.07) is 3.05. The zero-order chi connectivity index (χ0) is 14.8. The molecule has 19 heavy (non-hydrogen) atoms. The Morgan fingerprint density at radius 1 is 1.32 bits per heavy atom. The topological polar surface area (TPSA) is 92.4 Å². The number of nitrogen functional groups attached to an aromatic ring is 1. The van der Waals surface area contributed by atoms with E-state index in [1.54, 1.807) is 19.9 Å². The van der Waals surface area contributed by atoms with Gasteiger partial charge in [-0.1, -0.05) is 13.8 Å². The summed E-state index contributed by atoms with van der Waals surface area (Å²) in [6.45, 7) is 7.31. The van der Waals surface area contributed by atoms with Crippen molar-refractivity contribution in [2.45, 2.75) is 32.6 Å². The fourth-order valence-electron chi connectivity index (χ4n) is 1.44. The predicted molar refractivity (Wildman–Crippen MR) is 76.4 cm³/mol. The van der Waals surface area contributed by atoms with Crippen molar-refractivity contribution >= 4 is 15.7 Å². The number of sulfonamides is 1. The van der Waals surface area contributed by atoms with Crippen molar-refractivity contribution in [1.82, 2.24) is 4.72 Å². The molecular formula is C13H22N2O3S. The number of hydrogen-bond donors (Lipinski definition) is 3. The lowest BCUT2D eigenvalue weighted by molar-refractivity contribution is 0.163. The van der Waals surface area contributed by atoms with E-state index in [-0.39, 0.29) is 18.0 Å². The Bertz CT molecular complexity index is 542. The van der Waals surface area contributed by atoms with E-state index in [9.17, 15) is 8.42 Å². The van der Waals surface area contributed by atoms with E-state index in [0.717, 1.165) is 11.1 Å². The third-order valence-corrected chi connectivity index (χ3v) is 4.54. The minimum absolute atomic E-state index is 0.0927. The SMILES string of the molecule is Cc1cc(S(=O)(=O)NCC(C)(C)CO)cc(N)c1C. The molecule has 0 aliphatic rings. The molecule has 0 spiro atoms. The van der Waals surface area contributed by atoms with Crippen molar-refractivity contribution in [3.05, 3.63) is 23.3 Å². The van der Waals surface area contributed by atoms with Crippen LogP contribution in [-0.4, -0.2) is 26.7 Å². The minimum atomic E-state index is -3.61. The molecule has 0 fully saturated rings. The molecular weight excluding hydrogens is 264 g/mol. The first-order valence-electron chi connectivity index (χ1n) is 6.06. The number of aryl methyl sites for hydroxylation is 1. The van der Waals surface area contributed by atoms with Crippen molar-refractivity contribution < 1.29 is 13.5 Å². The molecule has 0 aliphatic heterocycles. The first-order chi connectivity index (χ1) is 8.59. The lowest BCUT2D eigenvalue weighted by atomic mass is 9.96. The van der Waals surface area contributed by atoms with E-state index < -0.39 is 15.4 Å². The zero-order valence-corrected chi connectivity index (χ0v) is 12.6. The summed E-state index contributed by atoms with van der Waals surface area (Å²) >= 11 is 0. The Balaban J connectivity index is 3.02. The standard InChI is InChI=1S/C13H22N2O3S/c1-9-5-11(6-12(14)10(9)2)19(17,18)15-7-13(3,4)8-16/h5-6,15-16H,7-8,14H2,1-4H3. The molecule has 0 aliphatic carbocycles. The summed E-state index contributed by atoms with van der Waals surface area (Å²) in [4.78, 5) is 0.154. The van der Waals surface area contributed by atoms with Gasteiger partial charge >= 0.3 is 0 Å². The highest BCUT2D eigenvalue weighted by Crippen LogP contribution is 2.22. The highest BCUT2D eigenvalue weighted by atomic mass is 32.2. The van der Waals surface area contributed by atoms with Crippen LogP contribution >= 0.6 is 0 Å². The Hall–Kier alpha value is -1.11. The summed E-state index contributed by atoms with van der Waals surface area (Å²) in [7, 11) is -3.61. The number of aliphatic hydroxyl groups excluding tert-OH is 1. The molecule has 0 atom stereocenters. The van der Waals surface area contributed by atoms with Crippen molar-refractivity contribution in [3.8, 4) is 0 Å². The second-order valence-electron chi connectivity index (χ2n) is 5.60. The third-order valence-electron chi connectivity index (χ3n) is 3.16. The summed E-state index contributed by atoms with van der Waals surface area (Å²) in [5.74, 6) is 0. The Kier molecular flexibility index (Phi) is 4.60. The van der Waals surface area contributed by atoms with Gasteiger partial charge in [-0.15, -0.1) is 0 Å². The van der Waals surface area contributed by atoms with Crippen molar-refractivity contribution in [2.75, 3.05) is 18.9 Å². The summed E-state index contributed by atoms with van der Waals surface area (Å²) in [5.41, 5.74) is 7.47. The van der Waals surface area contributed by atoms with Crippen LogP contribution in [-0.2, 0) is 10.0 Å². The van der Waals surface area contributed by atoms with Gasteiger partial charge in [-0.3, -0.25) is 0 Å². The molecule has 0 saturated heterocycles. The molecule has 4 N–H and O–H groups in total. The number of hydrogen-bond acceptors (Lipinski definition) is 4. The second-order valence-corrected chi connectivity index (χ2v) is 7.37. The van der Waals surface area contributed by atoms with Crippen LogP contribution in [0.3, 0.4) is 0 Å². The molecule has 0 heterocycles. The van der Waals surface area contributed by atoms with Crippen LogP contribution in [0.15, 0.2) is 17.0 Å². The fraction of sp³-hybridized carbons (Fsp3) is 0.538. The molecule has 0 unspecified atom stereocenters. The van der Waals surface area contributed by atoms with Crippen molar-refractivity contribution in [3.63, 3.8) is 0 Å². The van der Waals surface area contributed by atoms with E-state index in [0.29, 0.717) is 5.69 Å². The summed E-state index contributed by atoms with van der Waals surface area (Å²) < 4.78 is 26.8. The zero-order valence-electron chi connectivity index (χ0n) is 11.8. The van der Waals surface area contributed by atoms with Gasteiger partial charge in [0, 0.05) is 24.3 Å².